The summed E-state index contributed by atoms with van der Waals surface area (Å²) < 4.78 is 7.14. The molecule has 3 rings (SSSR count). The van der Waals surface area contributed by atoms with E-state index in [2.05, 4.69) is 40.9 Å². The molecule has 3 N–H and O–H groups in total. The number of hydrogen-bond acceptors (Lipinski definition) is 4. The molecule has 0 radical (unpaired) electrons. The van der Waals surface area contributed by atoms with Crippen LogP contribution in [0.25, 0.3) is 11.1 Å². The summed E-state index contributed by atoms with van der Waals surface area (Å²) in [5, 5.41) is 7.22. The smallest absolute Gasteiger partial charge is 0.407 e. The van der Waals surface area contributed by atoms with Crippen molar-refractivity contribution in [2.75, 3.05) is 13.1 Å². The van der Waals surface area contributed by atoms with Gasteiger partial charge < -0.3 is 15.8 Å². The van der Waals surface area contributed by atoms with E-state index < -0.39 is 0 Å². The van der Waals surface area contributed by atoms with Crippen molar-refractivity contribution >= 4 is 18.5 Å². The van der Waals surface area contributed by atoms with Crippen LogP contribution in [0.3, 0.4) is 0 Å². The number of aromatic nitrogens is 2. The van der Waals surface area contributed by atoms with E-state index in [1.165, 1.54) is 5.56 Å². The van der Waals surface area contributed by atoms with Crippen molar-refractivity contribution in [3.05, 3.63) is 78.1 Å². The van der Waals surface area contributed by atoms with Crippen molar-refractivity contribution in [3.63, 3.8) is 0 Å². The molecule has 3 aromatic rings. The Labute approximate surface area is 183 Å². The number of benzene rings is 2. The Kier molecular flexibility index (Phi) is 9.91. The molecular formula is C23H29ClN4O2. The van der Waals surface area contributed by atoms with Crippen molar-refractivity contribution < 1.29 is 9.53 Å². The van der Waals surface area contributed by atoms with Gasteiger partial charge in [-0.15, -0.1) is 12.4 Å². The highest BCUT2D eigenvalue weighted by Gasteiger charge is 2.04. The number of ether oxygens (including phenoxy) is 1. The first-order valence-corrected chi connectivity index (χ1v) is 10.0. The van der Waals surface area contributed by atoms with Crippen LogP contribution in [0.15, 0.2) is 67.0 Å². The number of carbonyl (C=O) groups is 1. The third-order valence-corrected chi connectivity index (χ3v) is 4.65. The average molecular weight is 429 g/mol. The molecule has 1 amide bonds. The summed E-state index contributed by atoms with van der Waals surface area (Å²) in [6.07, 6.45) is 6.25. The van der Waals surface area contributed by atoms with Crippen LogP contribution in [0.2, 0.25) is 0 Å². The molecule has 0 fully saturated rings. The fraction of sp³-hybridized carbons (Fsp3) is 0.304. The van der Waals surface area contributed by atoms with E-state index in [0.717, 1.165) is 42.5 Å². The van der Waals surface area contributed by atoms with Crippen molar-refractivity contribution in [1.29, 1.82) is 0 Å². The molecule has 0 spiro atoms. The number of unbranched alkanes of at least 4 members (excludes halogenated alkanes) is 1. The van der Waals surface area contributed by atoms with E-state index in [9.17, 15) is 4.79 Å². The van der Waals surface area contributed by atoms with Gasteiger partial charge in [0.2, 0.25) is 0 Å². The average Bonchev–Trinajstić information content (AvgIpc) is 3.22. The highest BCUT2D eigenvalue weighted by molar-refractivity contribution is 5.85. The summed E-state index contributed by atoms with van der Waals surface area (Å²) in [5.74, 6) is 0. The van der Waals surface area contributed by atoms with Crippen LogP contribution in [-0.2, 0) is 24.3 Å². The zero-order valence-corrected chi connectivity index (χ0v) is 17.8. The van der Waals surface area contributed by atoms with Gasteiger partial charge in [0.05, 0.1) is 6.20 Å². The molecule has 1 aromatic heterocycles. The lowest BCUT2D eigenvalue weighted by atomic mass is 10.1. The highest BCUT2D eigenvalue weighted by Crippen LogP contribution is 2.19. The van der Waals surface area contributed by atoms with E-state index >= 15 is 0 Å². The number of nitrogens with two attached hydrogens (primary N) is 1. The van der Waals surface area contributed by atoms with E-state index in [4.69, 9.17) is 10.5 Å². The number of rotatable bonds is 10. The topological polar surface area (TPSA) is 82.2 Å². The number of halogens is 1. The number of aryl methyl sites for hydroxylation is 1. The molecule has 0 saturated heterocycles. The van der Waals surface area contributed by atoms with E-state index in [1.54, 1.807) is 0 Å². The summed E-state index contributed by atoms with van der Waals surface area (Å²) in [5.41, 5.74) is 10.1. The standard InChI is InChI=1S/C23H28N4O2.ClH/c24-13-12-19-8-10-21(11-9-19)22-16-26-27(17-22)15-5-4-14-25-23(28)29-18-20-6-2-1-3-7-20;/h1-3,6-11,16-17H,4-5,12-15,18,24H2,(H,25,28);1H. The van der Waals surface area contributed by atoms with Gasteiger partial charge >= 0.3 is 6.09 Å². The second kappa shape index (κ2) is 12.7. The maximum Gasteiger partial charge on any atom is 0.407 e. The number of nitrogens with zero attached hydrogens (tertiary/aromatic N) is 2. The molecule has 1 heterocycles. The van der Waals surface area contributed by atoms with Crippen molar-refractivity contribution in [3.8, 4) is 11.1 Å². The molecule has 2 aromatic carbocycles. The molecule has 160 valence electrons. The van der Waals surface area contributed by atoms with E-state index in [1.807, 2.05) is 41.2 Å². The second-order valence-electron chi connectivity index (χ2n) is 6.92. The first-order valence-electron chi connectivity index (χ1n) is 10.0. The van der Waals surface area contributed by atoms with Crippen LogP contribution in [-0.4, -0.2) is 29.0 Å². The Hall–Kier alpha value is -2.83. The van der Waals surface area contributed by atoms with Crippen LogP contribution < -0.4 is 11.1 Å². The van der Waals surface area contributed by atoms with Crippen LogP contribution >= 0.6 is 12.4 Å². The zero-order chi connectivity index (χ0) is 20.3. The summed E-state index contributed by atoms with van der Waals surface area (Å²) >= 11 is 0. The molecule has 6 nitrogen and oxygen atoms in total. The van der Waals surface area contributed by atoms with Crippen LogP contribution in [0.4, 0.5) is 4.79 Å². The molecule has 0 aliphatic rings. The van der Waals surface area contributed by atoms with Gasteiger partial charge in [-0.25, -0.2) is 4.79 Å². The van der Waals surface area contributed by atoms with Gasteiger partial charge in [0.1, 0.15) is 6.61 Å². The van der Waals surface area contributed by atoms with Crippen LogP contribution in [0.1, 0.15) is 24.0 Å². The third kappa shape index (κ3) is 7.54. The minimum atomic E-state index is -0.381. The van der Waals surface area contributed by atoms with Crippen molar-refractivity contribution in [2.45, 2.75) is 32.4 Å². The van der Waals surface area contributed by atoms with Gasteiger partial charge in [-0.1, -0.05) is 54.6 Å². The number of alkyl carbamates (subject to hydrolysis) is 1. The van der Waals surface area contributed by atoms with Gasteiger partial charge in [-0.2, -0.15) is 5.10 Å². The number of nitrogens with one attached hydrogen (secondary N) is 1. The molecular weight excluding hydrogens is 400 g/mol. The lowest BCUT2D eigenvalue weighted by Gasteiger charge is -2.07. The third-order valence-electron chi connectivity index (χ3n) is 4.65. The number of carbonyl (C=O) groups excluding carboxylic acids is 1. The monoisotopic (exact) mass is 428 g/mol. The maximum absolute atomic E-state index is 11.7. The van der Waals surface area contributed by atoms with Gasteiger partial charge in [-0.05, 0) is 42.5 Å². The summed E-state index contributed by atoms with van der Waals surface area (Å²) in [7, 11) is 0. The predicted octanol–water partition coefficient (Wildman–Crippen LogP) is 4.18. The van der Waals surface area contributed by atoms with E-state index in [0.29, 0.717) is 13.1 Å². The molecule has 30 heavy (non-hydrogen) atoms. The van der Waals surface area contributed by atoms with Gasteiger partial charge in [0, 0.05) is 24.8 Å². The zero-order valence-electron chi connectivity index (χ0n) is 17.0. The second-order valence-corrected chi connectivity index (χ2v) is 6.92. The minimum Gasteiger partial charge on any atom is -0.445 e. The van der Waals surface area contributed by atoms with Gasteiger partial charge in [0.25, 0.3) is 0 Å². The fourth-order valence-electron chi connectivity index (χ4n) is 3.03. The maximum atomic E-state index is 11.7. The first-order chi connectivity index (χ1) is 14.2. The van der Waals surface area contributed by atoms with Gasteiger partial charge in [-0.3, -0.25) is 4.68 Å². The molecule has 7 heteroatoms. The molecule has 0 atom stereocenters. The minimum absolute atomic E-state index is 0. The Morgan fingerprint density at radius 2 is 1.77 bits per heavy atom. The molecule has 0 aliphatic heterocycles. The Balaban J connectivity index is 0.00000320. The largest absolute Gasteiger partial charge is 0.445 e. The lowest BCUT2D eigenvalue weighted by Crippen LogP contribution is -2.25. The Morgan fingerprint density at radius 1 is 1.00 bits per heavy atom. The van der Waals surface area contributed by atoms with Crippen LogP contribution in [0, 0.1) is 0 Å². The number of amides is 1. The Morgan fingerprint density at radius 3 is 2.50 bits per heavy atom. The van der Waals surface area contributed by atoms with E-state index in [-0.39, 0.29) is 25.1 Å². The fourth-order valence-corrected chi connectivity index (χ4v) is 3.03. The molecule has 0 saturated carbocycles. The lowest BCUT2D eigenvalue weighted by molar-refractivity contribution is 0.139. The summed E-state index contributed by atoms with van der Waals surface area (Å²) in [6.45, 7) is 2.35. The molecule has 0 aliphatic carbocycles. The first kappa shape index (κ1) is 23.4. The molecule has 0 unspecified atom stereocenters. The van der Waals surface area contributed by atoms with Crippen LogP contribution in [0.5, 0.6) is 0 Å². The normalized spacial score (nSPS) is 10.3. The Bertz CT molecular complexity index is 882. The predicted molar refractivity (Wildman–Crippen MR) is 122 cm³/mol. The quantitative estimate of drug-likeness (QED) is 0.474. The molecule has 0 bridgehead atoms. The van der Waals surface area contributed by atoms with Crippen molar-refractivity contribution in [1.82, 2.24) is 15.1 Å². The summed E-state index contributed by atoms with van der Waals surface area (Å²) in [6, 6.07) is 18.1. The summed E-state index contributed by atoms with van der Waals surface area (Å²) in [4.78, 5) is 11.7. The highest BCUT2D eigenvalue weighted by atomic mass is 35.5. The number of hydrogen-bond donors (Lipinski definition) is 2. The van der Waals surface area contributed by atoms with Crippen molar-refractivity contribution in [2.24, 2.45) is 5.73 Å². The van der Waals surface area contributed by atoms with Gasteiger partial charge in [0.15, 0.2) is 0 Å². The SMILES string of the molecule is Cl.NCCc1ccc(-c2cnn(CCCCNC(=O)OCc3ccccc3)c2)cc1.